The summed E-state index contributed by atoms with van der Waals surface area (Å²) >= 11 is 3.52. The molecule has 13 aromatic carbocycles. The molecule has 14 aromatic rings. The molecular formula is C92H63N7S2. The van der Waals surface area contributed by atoms with Crippen molar-refractivity contribution in [2.45, 2.75) is 70.6 Å². The van der Waals surface area contributed by atoms with Gasteiger partial charge in [-0.3, -0.25) is 0 Å². The van der Waals surface area contributed by atoms with Crippen molar-refractivity contribution in [1.82, 2.24) is 20.3 Å². The maximum absolute atomic E-state index is 11.1. The second kappa shape index (κ2) is 24.5. The van der Waals surface area contributed by atoms with Crippen LogP contribution in [0, 0.1) is 22.7 Å². The number of aromatic nitrogens is 3. The molecule has 5 aliphatic rings. The third-order valence-electron chi connectivity index (χ3n) is 21.0. The van der Waals surface area contributed by atoms with Crippen molar-refractivity contribution in [2.75, 3.05) is 0 Å². The smallest absolute Gasteiger partial charge is 0.164 e. The lowest BCUT2D eigenvalue weighted by molar-refractivity contribution is 0.605. The van der Waals surface area contributed by atoms with Gasteiger partial charge >= 0.3 is 0 Å². The van der Waals surface area contributed by atoms with Gasteiger partial charge in [0.15, 0.2) is 17.5 Å². The molecule has 2 aliphatic carbocycles. The summed E-state index contributed by atoms with van der Waals surface area (Å²) < 4.78 is 0. The van der Waals surface area contributed by atoms with E-state index in [-0.39, 0.29) is 6.04 Å². The molecule has 8 bridgehead atoms. The summed E-state index contributed by atoms with van der Waals surface area (Å²) in [5, 5.41) is 27.6. The number of aliphatic imine (C=N–C) groups is 1. The molecule has 0 amide bonds. The van der Waals surface area contributed by atoms with Crippen LogP contribution in [-0.4, -0.2) is 20.8 Å². The Morgan fingerprint density at radius 1 is 0.396 bits per heavy atom. The van der Waals surface area contributed by atoms with Crippen molar-refractivity contribution in [3.8, 4) is 102 Å². The van der Waals surface area contributed by atoms with Crippen molar-refractivity contribution >= 4 is 45.8 Å². The normalized spacial score (nSPS) is 15.9. The average Bonchev–Trinajstić information content (AvgIpc) is 0.842. The van der Waals surface area contributed by atoms with Gasteiger partial charge in [0.25, 0.3) is 0 Å². The zero-order chi connectivity index (χ0) is 68.1. The lowest BCUT2D eigenvalue weighted by Gasteiger charge is -2.39. The van der Waals surface area contributed by atoms with Gasteiger partial charge in [-0.1, -0.05) is 268 Å². The molecule has 9 heteroatoms. The number of amidine groups is 1. The summed E-state index contributed by atoms with van der Waals surface area (Å²) in [4.78, 5) is 25.9. The molecule has 1 aromatic heterocycles. The average molecular weight is 1330 g/mol. The highest BCUT2D eigenvalue weighted by Crippen LogP contribution is 2.56. The SMILES string of the molecule is CC1=C2N=C(c3ccc(-c4ccc(-c5cc(C#N)c6c(c5)Sc5cc(-c7ccccc7-c7nc(-c8ccccc8)nc(-c8cccc(-c9ccccc9)c8)n7)ccc5C6(C)C)cc4)c4ccccc34)NC(C1)c1ccccc1-c1ccc3c(c1)Sc1ccc(C#N)cc1C3(C)c1cccc2c1. The summed E-state index contributed by atoms with van der Waals surface area (Å²) in [5.74, 6) is 2.61. The first-order valence-electron chi connectivity index (χ1n) is 34.2. The number of nitrogens with zero attached hydrogens (tertiary/aromatic N) is 6. The quantitative estimate of drug-likeness (QED) is 0.160. The van der Waals surface area contributed by atoms with E-state index in [1.165, 1.54) is 32.7 Å². The van der Waals surface area contributed by atoms with Gasteiger partial charge in [-0.25, -0.2) is 19.9 Å². The molecule has 0 saturated heterocycles. The number of nitrogens with one attached hydrogen (secondary N) is 1. The van der Waals surface area contributed by atoms with E-state index in [1.807, 2.05) is 42.5 Å². The minimum absolute atomic E-state index is 0.100. The number of hydrogen-bond donors (Lipinski definition) is 1. The topological polar surface area (TPSA) is 111 Å². The highest BCUT2D eigenvalue weighted by Gasteiger charge is 2.41. The largest absolute Gasteiger partial charge is 0.362 e. The Morgan fingerprint density at radius 3 is 1.74 bits per heavy atom. The molecule has 0 fully saturated rings. The van der Waals surface area contributed by atoms with Gasteiger partial charge in [-0.15, -0.1) is 0 Å². The second-order valence-corrected chi connectivity index (χ2v) is 29.5. The monoisotopic (exact) mass is 1330 g/mol. The van der Waals surface area contributed by atoms with Gasteiger partial charge < -0.3 is 5.32 Å². The van der Waals surface area contributed by atoms with Crippen LogP contribution in [0.3, 0.4) is 0 Å². The van der Waals surface area contributed by atoms with E-state index in [0.29, 0.717) is 28.6 Å². The van der Waals surface area contributed by atoms with E-state index in [9.17, 15) is 10.5 Å². The van der Waals surface area contributed by atoms with Crippen LogP contribution in [0.2, 0.25) is 0 Å². The van der Waals surface area contributed by atoms with Gasteiger partial charge in [0.1, 0.15) is 5.84 Å². The third-order valence-corrected chi connectivity index (χ3v) is 23.2. The second-order valence-electron chi connectivity index (χ2n) is 27.3. The van der Waals surface area contributed by atoms with E-state index in [4.69, 9.17) is 19.9 Å². The molecule has 101 heavy (non-hydrogen) atoms. The van der Waals surface area contributed by atoms with Crippen LogP contribution in [0.5, 0.6) is 0 Å². The molecule has 0 saturated carbocycles. The Hall–Kier alpha value is -12.0. The lowest BCUT2D eigenvalue weighted by Crippen LogP contribution is -2.29. The number of fused-ring (bicyclic) bond motifs is 5. The number of benzene rings is 13. The maximum Gasteiger partial charge on any atom is 0.164 e. The van der Waals surface area contributed by atoms with Gasteiger partial charge in [0.05, 0.1) is 35.0 Å². The van der Waals surface area contributed by atoms with E-state index >= 15 is 0 Å². The minimum Gasteiger partial charge on any atom is -0.362 e. The van der Waals surface area contributed by atoms with Gasteiger partial charge in [-0.05, 0) is 180 Å². The Kier molecular flexibility index (Phi) is 14.9. The Bertz CT molecular complexity index is 5940. The van der Waals surface area contributed by atoms with Crippen molar-refractivity contribution in [3.05, 3.63) is 346 Å². The zero-order valence-corrected chi connectivity index (χ0v) is 57.6. The summed E-state index contributed by atoms with van der Waals surface area (Å²) in [6, 6.07) is 106. The zero-order valence-electron chi connectivity index (χ0n) is 55.9. The molecule has 7 nitrogen and oxygen atoms in total. The molecule has 3 aliphatic heterocycles. The van der Waals surface area contributed by atoms with Crippen molar-refractivity contribution in [3.63, 3.8) is 0 Å². The van der Waals surface area contributed by atoms with E-state index in [1.54, 1.807) is 23.5 Å². The maximum atomic E-state index is 11.1. The molecule has 0 spiro atoms. The van der Waals surface area contributed by atoms with E-state index in [2.05, 4.69) is 288 Å². The summed E-state index contributed by atoms with van der Waals surface area (Å²) in [7, 11) is 0. The molecule has 1 N–H and O–H groups in total. The van der Waals surface area contributed by atoms with Crippen molar-refractivity contribution < 1.29 is 0 Å². The predicted octanol–water partition coefficient (Wildman–Crippen LogP) is 22.9. The summed E-state index contributed by atoms with van der Waals surface area (Å²) in [5.41, 5.74) is 25.0. The van der Waals surface area contributed by atoms with Crippen LogP contribution in [-0.2, 0) is 10.8 Å². The van der Waals surface area contributed by atoms with Crippen LogP contribution in [0.1, 0.15) is 95.8 Å². The number of rotatable bonds is 8. The standard InChI is InChI=1S/C92H63N7S2/c1-55-45-80-74-31-15-11-27-69(74)62-39-43-78-83(51-62)100-81-44-33-56(53-93)46-79(81)92(78,4)68-26-18-24-64(49-68)86(55)96-89(95-80)76-41-40-71(72-29-13-14-30-73(72)76)59-36-34-58(35-37-59)66-48-67(54-94)85-84(52-66)101-82-50-63(38-42-77(82)91(85,2)3)70-28-12-16-32-75(70)90-98-87(60-21-9-6-10-22-60)97-88(99-90)65-25-17-23-61(47-65)57-19-7-5-8-20-57/h5-44,46-52,80H,45H2,1-4H3,(H,95,96). The Morgan fingerprint density at radius 2 is 0.970 bits per heavy atom. The van der Waals surface area contributed by atoms with Gasteiger partial charge in [-0.2, -0.15) is 10.5 Å². The van der Waals surface area contributed by atoms with Crippen LogP contribution >= 0.6 is 23.5 Å². The first kappa shape index (κ1) is 61.4. The van der Waals surface area contributed by atoms with E-state index < -0.39 is 10.8 Å². The first-order chi connectivity index (χ1) is 49.4. The molecule has 4 heterocycles. The fraction of sp³-hybridized carbons (Fsp3) is 0.0870. The molecular weight excluding hydrogens is 1270 g/mol. The lowest BCUT2D eigenvalue weighted by atomic mass is 9.69. The summed E-state index contributed by atoms with van der Waals surface area (Å²) in [6.07, 6.45) is 0.742. The highest BCUT2D eigenvalue weighted by atomic mass is 32.2. The molecule has 19 rings (SSSR count). The highest BCUT2D eigenvalue weighted by molar-refractivity contribution is 7.99. The molecule has 478 valence electrons. The van der Waals surface area contributed by atoms with E-state index in [0.717, 1.165) is 138 Å². The van der Waals surface area contributed by atoms with Crippen LogP contribution in [0.25, 0.3) is 106 Å². The van der Waals surface area contributed by atoms with Crippen molar-refractivity contribution in [2.24, 2.45) is 4.99 Å². The van der Waals surface area contributed by atoms with Crippen LogP contribution in [0.15, 0.2) is 315 Å². The minimum atomic E-state index is -0.555. The van der Waals surface area contributed by atoms with Gasteiger partial charge in [0.2, 0.25) is 0 Å². The Balaban J connectivity index is 0.684. The summed E-state index contributed by atoms with van der Waals surface area (Å²) in [6.45, 7) is 9.06. The van der Waals surface area contributed by atoms with Gasteiger partial charge in [0, 0.05) is 58.2 Å². The molecule has 2 atom stereocenters. The third kappa shape index (κ3) is 10.5. The molecule has 0 radical (unpaired) electrons. The first-order valence-corrected chi connectivity index (χ1v) is 35.8. The number of nitriles is 2. The van der Waals surface area contributed by atoms with Crippen LogP contribution in [0.4, 0.5) is 0 Å². The fourth-order valence-electron chi connectivity index (χ4n) is 15.9. The van der Waals surface area contributed by atoms with Crippen molar-refractivity contribution in [1.29, 1.82) is 10.5 Å². The number of hydrogen-bond acceptors (Lipinski definition) is 9. The fourth-order valence-corrected chi connectivity index (χ4v) is 18.7. The van der Waals surface area contributed by atoms with Crippen LogP contribution < -0.4 is 5.32 Å². The Labute approximate surface area is 596 Å². The predicted molar refractivity (Wildman–Crippen MR) is 412 cm³/mol. The molecule has 2 unspecified atom stereocenters.